The van der Waals surface area contributed by atoms with Gasteiger partial charge in [-0.25, -0.2) is 9.97 Å². The molecule has 30 heavy (non-hydrogen) atoms. The van der Waals surface area contributed by atoms with Gasteiger partial charge in [0.05, 0.1) is 11.4 Å². The first kappa shape index (κ1) is 19.9. The molecule has 5 nitrogen and oxygen atoms in total. The zero-order valence-corrected chi connectivity index (χ0v) is 17.9. The van der Waals surface area contributed by atoms with Gasteiger partial charge in [0.25, 0.3) is 0 Å². The number of carbonyl (C=O) groups excluding carboxylic acids is 1. The fourth-order valence-corrected chi connectivity index (χ4v) is 4.03. The van der Waals surface area contributed by atoms with E-state index in [4.69, 9.17) is 0 Å². The molecule has 2 aromatic heterocycles. The van der Waals surface area contributed by atoms with Crippen molar-refractivity contribution < 1.29 is 4.79 Å². The van der Waals surface area contributed by atoms with E-state index >= 15 is 0 Å². The molecule has 0 aliphatic heterocycles. The van der Waals surface area contributed by atoms with E-state index in [-0.39, 0.29) is 5.91 Å². The van der Waals surface area contributed by atoms with Crippen LogP contribution in [0.4, 0.5) is 17.1 Å². The summed E-state index contributed by atoms with van der Waals surface area (Å²) in [6.45, 7) is 5.55. The largest absolute Gasteiger partial charge is 0.354 e. The molecule has 0 bridgehead atoms. The lowest BCUT2D eigenvalue weighted by atomic mass is 10.2. The molecule has 4 aromatic rings. The van der Waals surface area contributed by atoms with Crippen molar-refractivity contribution in [2.75, 3.05) is 10.6 Å². The molecule has 2 heterocycles. The van der Waals surface area contributed by atoms with Crippen LogP contribution in [0.5, 0.6) is 0 Å². The second-order valence-corrected chi connectivity index (χ2v) is 8.23. The van der Waals surface area contributed by atoms with Crippen molar-refractivity contribution in [3.05, 3.63) is 78.1 Å². The second kappa shape index (κ2) is 8.55. The van der Waals surface area contributed by atoms with Crippen molar-refractivity contribution in [2.45, 2.75) is 30.6 Å². The van der Waals surface area contributed by atoms with Gasteiger partial charge in [-0.15, -0.1) is 0 Å². The molecule has 0 atom stereocenters. The number of hydrogen-bond donors (Lipinski definition) is 2. The van der Waals surface area contributed by atoms with E-state index in [0.717, 1.165) is 43.6 Å². The van der Waals surface area contributed by atoms with Crippen LogP contribution in [0.25, 0.3) is 11.0 Å². The summed E-state index contributed by atoms with van der Waals surface area (Å²) in [5.74, 6) is -0.0744. The number of nitrogens with one attached hydrogen (secondary N) is 2. The molecule has 4 rings (SSSR count). The van der Waals surface area contributed by atoms with Crippen molar-refractivity contribution in [1.82, 2.24) is 9.97 Å². The van der Waals surface area contributed by atoms with Gasteiger partial charge in [-0.05, 0) is 74.0 Å². The summed E-state index contributed by atoms with van der Waals surface area (Å²) in [6.07, 6.45) is 1.78. The second-order valence-electron chi connectivity index (χ2n) is 7.11. The van der Waals surface area contributed by atoms with E-state index in [9.17, 15) is 4.79 Å². The van der Waals surface area contributed by atoms with Crippen LogP contribution in [0, 0.1) is 13.8 Å². The minimum absolute atomic E-state index is 0.0744. The molecular weight excluding hydrogens is 392 g/mol. The molecule has 0 saturated heterocycles. The predicted molar refractivity (Wildman–Crippen MR) is 124 cm³/mol. The summed E-state index contributed by atoms with van der Waals surface area (Å²) in [7, 11) is 0. The Bertz CT molecular complexity index is 1220. The maximum absolute atomic E-state index is 11.2. The number of aromatic nitrogens is 2. The molecule has 0 radical (unpaired) electrons. The Kier molecular flexibility index (Phi) is 5.68. The van der Waals surface area contributed by atoms with Crippen LogP contribution in [0.15, 0.2) is 76.7 Å². The third-order valence-corrected chi connectivity index (χ3v) is 5.63. The van der Waals surface area contributed by atoms with Crippen molar-refractivity contribution in [2.24, 2.45) is 0 Å². The van der Waals surface area contributed by atoms with Crippen LogP contribution >= 0.6 is 11.8 Å². The quantitative estimate of drug-likeness (QED) is 0.413. The van der Waals surface area contributed by atoms with Gasteiger partial charge < -0.3 is 10.6 Å². The van der Waals surface area contributed by atoms with Crippen molar-refractivity contribution in [3.63, 3.8) is 0 Å². The van der Waals surface area contributed by atoms with Gasteiger partial charge in [-0.2, -0.15) is 0 Å². The lowest BCUT2D eigenvalue weighted by molar-refractivity contribution is -0.114. The van der Waals surface area contributed by atoms with Crippen LogP contribution < -0.4 is 10.6 Å². The van der Waals surface area contributed by atoms with E-state index in [1.807, 2.05) is 43.3 Å². The highest BCUT2D eigenvalue weighted by Gasteiger charge is 2.09. The maximum Gasteiger partial charge on any atom is 0.221 e. The SMILES string of the molecule is CC(=O)Nc1ccc(Sc2ccc(C)cc2Nc2ccnc3nc(C)ccc23)cc1. The van der Waals surface area contributed by atoms with Crippen LogP contribution in [0.3, 0.4) is 0 Å². The van der Waals surface area contributed by atoms with Gasteiger partial charge in [0.1, 0.15) is 0 Å². The monoisotopic (exact) mass is 414 g/mol. The number of carbonyl (C=O) groups is 1. The Labute approximate surface area is 180 Å². The Morgan fingerprint density at radius 3 is 2.50 bits per heavy atom. The van der Waals surface area contributed by atoms with Gasteiger partial charge >= 0.3 is 0 Å². The van der Waals surface area contributed by atoms with E-state index in [0.29, 0.717) is 0 Å². The van der Waals surface area contributed by atoms with E-state index in [2.05, 4.69) is 51.8 Å². The maximum atomic E-state index is 11.2. The summed E-state index contributed by atoms with van der Waals surface area (Å²) in [6, 6.07) is 20.2. The van der Waals surface area contributed by atoms with Gasteiger partial charge in [0.15, 0.2) is 5.65 Å². The van der Waals surface area contributed by atoms with Gasteiger partial charge in [0, 0.05) is 39.7 Å². The van der Waals surface area contributed by atoms with Gasteiger partial charge in [-0.3, -0.25) is 4.79 Å². The summed E-state index contributed by atoms with van der Waals surface area (Å²) in [4.78, 5) is 22.3. The number of pyridine rings is 2. The normalized spacial score (nSPS) is 10.8. The fourth-order valence-electron chi connectivity index (χ4n) is 3.14. The lowest BCUT2D eigenvalue weighted by Gasteiger charge is -2.14. The number of hydrogen-bond acceptors (Lipinski definition) is 5. The molecule has 0 spiro atoms. The van der Waals surface area contributed by atoms with Crippen LogP contribution in [-0.2, 0) is 4.79 Å². The van der Waals surface area contributed by atoms with Crippen molar-refractivity contribution >= 4 is 45.8 Å². The van der Waals surface area contributed by atoms with E-state index in [1.165, 1.54) is 12.5 Å². The first-order valence-electron chi connectivity index (χ1n) is 9.63. The molecule has 0 fully saturated rings. The molecule has 2 aromatic carbocycles. The van der Waals surface area contributed by atoms with Crippen LogP contribution in [-0.4, -0.2) is 15.9 Å². The Hall–Kier alpha value is -3.38. The minimum Gasteiger partial charge on any atom is -0.354 e. The van der Waals surface area contributed by atoms with Gasteiger partial charge in [0.2, 0.25) is 5.91 Å². The smallest absolute Gasteiger partial charge is 0.221 e. The molecule has 0 saturated carbocycles. The molecule has 0 aliphatic rings. The first-order chi connectivity index (χ1) is 14.5. The zero-order chi connectivity index (χ0) is 21.1. The third-order valence-electron chi connectivity index (χ3n) is 4.55. The number of aryl methyl sites for hydroxylation is 2. The molecule has 150 valence electrons. The minimum atomic E-state index is -0.0744. The fraction of sp³-hybridized carbons (Fsp3) is 0.125. The Morgan fingerprint density at radius 1 is 0.933 bits per heavy atom. The lowest BCUT2D eigenvalue weighted by Crippen LogP contribution is -2.05. The average Bonchev–Trinajstić information content (AvgIpc) is 2.71. The number of benzene rings is 2. The average molecular weight is 415 g/mol. The number of fused-ring (bicyclic) bond motifs is 1. The topological polar surface area (TPSA) is 66.9 Å². The number of anilines is 3. The molecule has 1 amide bonds. The molecule has 6 heteroatoms. The highest BCUT2D eigenvalue weighted by molar-refractivity contribution is 7.99. The molecule has 2 N–H and O–H groups in total. The highest BCUT2D eigenvalue weighted by Crippen LogP contribution is 2.37. The molecule has 0 unspecified atom stereocenters. The Balaban J connectivity index is 1.64. The van der Waals surface area contributed by atoms with E-state index in [1.54, 1.807) is 18.0 Å². The standard InChI is InChI=1S/C24H22N4OS/c1-15-4-11-23(30-19-8-6-18(7-9-19)27-17(3)29)22(14-15)28-21-12-13-25-24-20(21)10-5-16(2)26-24/h4-14H,1-3H3,(H,27,29)(H,25,26,28). The number of rotatable bonds is 5. The van der Waals surface area contributed by atoms with E-state index < -0.39 is 0 Å². The summed E-state index contributed by atoms with van der Waals surface area (Å²) in [5, 5.41) is 7.36. The van der Waals surface area contributed by atoms with Crippen molar-refractivity contribution in [3.8, 4) is 0 Å². The third kappa shape index (κ3) is 4.60. The van der Waals surface area contributed by atoms with Crippen LogP contribution in [0.1, 0.15) is 18.2 Å². The predicted octanol–water partition coefficient (Wildman–Crippen LogP) is 6.10. The zero-order valence-electron chi connectivity index (χ0n) is 17.1. The molecular formula is C24H22N4OS. The summed E-state index contributed by atoms with van der Waals surface area (Å²) < 4.78 is 0. The summed E-state index contributed by atoms with van der Waals surface area (Å²) in [5.41, 5.74) is 5.65. The first-order valence-corrected chi connectivity index (χ1v) is 10.4. The van der Waals surface area contributed by atoms with Crippen LogP contribution in [0.2, 0.25) is 0 Å². The highest BCUT2D eigenvalue weighted by atomic mass is 32.2. The van der Waals surface area contributed by atoms with Gasteiger partial charge in [-0.1, -0.05) is 17.8 Å². The Morgan fingerprint density at radius 2 is 1.73 bits per heavy atom. The van der Waals surface area contributed by atoms with Crippen molar-refractivity contribution in [1.29, 1.82) is 0 Å². The summed E-state index contributed by atoms with van der Waals surface area (Å²) >= 11 is 1.67. The number of amides is 1. The molecule has 0 aliphatic carbocycles. The number of nitrogens with zero attached hydrogens (tertiary/aromatic N) is 2.